The van der Waals surface area contributed by atoms with E-state index in [-0.39, 0.29) is 11.8 Å². The lowest BCUT2D eigenvalue weighted by Crippen LogP contribution is -2.39. The summed E-state index contributed by atoms with van der Waals surface area (Å²) in [5.41, 5.74) is 0. The van der Waals surface area contributed by atoms with E-state index in [1.165, 1.54) is 0 Å². The number of rotatable bonds is 9. The van der Waals surface area contributed by atoms with Crippen molar-refractivity contribution >= 4 is 10.0 Å². The molecule has 1 rings (SSSR count). The largest absolute Gasteiger partial charge is 0.313 e. The summed E-state index contributed by atoms with van der Waals surface area (Å²) in [5, 5.41) is 3.17. The molecule has 0 aromatic rings. The normalized spacial score (nSPS) is 17.1. The van der Waals surface area contributed by atoms with Gasteiger partial charge in [-0.2, -0.15) is 4.31 Å². The van der Waals surface area contributed by atoms with Gasteiger partial charge in [0.1, 0.15) is 0 Å². The van der Waals surface area contributed by atoms with Crippen molar-refractivity contribution < 1.29 is 8.42 Å². The highest BCUT2D eigenvalue weighted by Gasteiger charge is 2.36. The molecular weight excluding hydrogens is 248 g/mol. The third-order valence-electron chi connectivity index (χ3n) is 3.15. The molecule has 0 aromatic carbocycles. The van der Waals surface area contributed by atoms with Crippen molar-refractivity contribution in [3.63, 3.8) is 0 Å². The predicted molar refractivity (Wildman–Crippen MR) is 76.1 cm³/mol. The summed E-state index contributed by atoms with van der Waals surface area (Å²) >= 11 is 0. The van der Waals surface area contributed by atoms with Gasteiger partial charge in [0.25, 0.3) is 0 Å². The summed E-state index contributed by atoms with van der Waals surface area (Å²) in [5.74, 6) is 0.773. The number of nitrogens with one attached hydrogen (secondary N) is 1. The van der Waals surface area contributed by atoms with E-state index < -0.39 is 10.0 Å². The molecule has 1 fully saturated rings. The molecule has 0 radical (unpaired) electrons. The van der Waals surface area contributed by atoms with Gasteiger partial charge in [-0.3, -0.25) is 0 Å². The first-order valence-corrected chi connectivity index (χ1v) is 8.66. The van der Waals surface area contributed by atoms with E-state index in [0.29, 0.717) is 25.0 Å². The fourth-order valence-electron chi connectivity index (χ4n) is 1.89. The van der Waals surface area contributed by atoms with Crippen LogP contribution in [0.3, 0.4) is 0 Å². The zero-order valence-electron chi connectivity index (χ0n) is 12.1. The van der Waals surface area contributed by atoms with Crippen molar-refractivity contribution in [2.75, 3.05) is 18.8 Å². The van der Waals surface area contributed by atoms with Gasteiger partial charge in [0, 0.05) is 25.2 Å². The van der Waals surface area contributed by atoms with Crippen molar-refractivity contribution in [3.8, 4) is 0 Å². The molecule has 1 aliphatic carbocycles. The van der Waals surface area contributed by atoms with Gasteiger partial charge in [-0.25, -0.2) is 8.42 Å². The average Bonchev–Trinajstić information content (AvgIpc) is 3.00. The summed E-state index contributed by atoms with van der Waals surface area (Å²) in [6.07, 6.45) is 3.03. The Labute approximate surface area is 112 Å². The second kappa shape index (κ2) is 6.87. The minimum absolute atomic E-state index is 0.222. The number of nitrogens with zero attached hydrogens (tertiary/aromatic N) is 1. The fraction of sp³-hybridized carbons (Fsp3) is 1.00. The average molecular weight is 276 g/mol. The summed E-state index contributed by atoms with van der Waals surface area (Å²) in [6.45, 7) is 9.57. The zero-order valence-corrected chi connectivity index (χ0v) is 13.0. The summed E-state index contributed by atoms with van der Waals surface area (Å²) in [7, 11) is -3.08. The molecule has 0 saturated heterocycles. The lowest BCUT2D eigenvalue weighted by atomic mass is 10.1. The van der Waals surface area contributed by atoms with Crippen LogP contribution in [-0.2, 0) is 10.0 Å². The van der Waals surface area contributed by atoms with E-state index in [1.54, 1.807) is 4.31 Å². The van der Waals surface area contributed by atoms with Gasteiger partial charge in [0.05, 0.1) is 5.75 Å². The van der Waals surface area contributed by atoms with E-state index >= 15 is 0 Å². The van der Waals surface area contributed by atoms with Crippen LogP contribution in [0.15, 0.2) is 0 Å². The Hall–Kier alpha value is -0.130. The molecule has 0 aliphatic heterocycles. The molecule has 0 atom stereocenters. The SMILES string of the molecule is CC(C)CCN(C1CC1)S(=O)(=O)CCNC(C)C. The molecule has 1 aliphatic rings. The maximum atomic E-state index is 12.3. The molecule has 0 amide bonds. The van der Waals surface area contributed by atoms with E-state index in [1.807, 2.05) is 13.8 Å². The van der Waals surface area contributed by atoms with Crippen molar-refractivity contribution in [2.24, 2.45) is 5.92 Å². The van der Waals surface area contributed by atoms with Crippen LogP contribution >= 0.6 is 0 Å². The molecule has 18 heavy (non-hydrogen) atoms. The summed E-state index contributed by atoms with van der Waals surface area (Å²) in [4.78, 5) is 0. The zero-order chi connectivity index (χ0) is 13.8. The Kier molecular flexibility index (Phi) is 6.08. The van der Waals surface area contributed by atoms with Crippen LogP contribution in [0.5, 0.6) is 0 Å². The third-order valence-corrected chi connectivity index (χ3v) is 5.07. The topological polar surface area (TPSA) is 49.4 Å². The smallest absolute Gasteiger partial charge is 0.215 e. The molecule has 1 N–H and O–H groups in total. The maximum Gasteiger partial charge on any atom is 0.215 e. The molecule has 0 unspecified atom stereocenters. The molecule has 4 nitrogen and oxygen atoms in total. The van der Waals surface area contributed by atoms with Crippen LogP contribution in [0.4, 0.5) is 0 Å². The van der Waals surface area contributed by atoms with Gasteiger partial charge in [0.2, 0.25) is 10.0 Å². The van der Waals surface area contributed by atoms with E-state index in [4.69, 9.17) is 0 Å². The van der Waals surface area contributed by atoms with Gasteiger partial charge in [-0.05, 0) is 25.2 Å². The minimum Gasteiger partial charge on any atom is -0.313 e. The van der Waals surface area contributed by atoms with Crippen LogP contribution in [0.2, 0.25) is 0 Å². The third kappa shape index (κ3) is 5.67. The van der Waals surface area contributed by atoms with Crippen LogP contribution in [0.1, 0.15) is 47.0 Å². The summed E-state index contributed by atoms with van der Waals surface area (Å²) < 4.78 is 26.3. The van der Waals surface area contributed by atoms with Gasteiger partial charge in [0.15, 0.2) is 0 Å². The maximum absolute atomic E-state index is 12.3. The number of hydrogen-bond acceptors (Lipinski definition) is 3. The predicted octanol–water partition coefficient (Wildman–Crippen LogP) is 1.82. The van der Waals surface area contributed by atoms with E-state index in [2.05, 4.69) is 19.2 Å². The highest BCUT2D eigenvalue weighted by atomic mass is 32.2. The lowest BCUT2D eigenvalue weighted by molar-refractivity contribution is 0.372. The highest BCUT2D eigenvalue weighted by molar-refractivity contribution is 7.89. The van der Waals surface area contributed by atoms with Gasteiger partial charge in [-0.1, -0.05) is 27.7 Å². The monoisotopic (exact) mass is 276 g/mol. The van der Waals surface area contributed by atoms with Crippen molar-refractivity contribution in [1.82, 2.24) is 9.62 Å². The Morgan fingerprint density at radius 1 is 1.22 bits per heavy atom. The molecule has 0 spiro atoms. The first kappa shape index (κ1) is 15.9. The van der Waals surface area contributed by atoms with Crippen LogP contribution in [0.25, 0.3) is 0 Å². The lowest BCUT2D eigenvalue weighted by Gasteiger charge is -2.23. The van der Waals surface area contributed by atoms with Crippen LogP contribution < -0.4 is 5.32 Å². The van der Waals surface area contributed by atoms with Crippen LogP contribution in [-0.4, -0.2) is 43.6 Å². The molecule has 108 valence electrons. The molecular formula is C13H28N2O2S. The number of sulfonamides is 1. The van der Waals surface area contributed by atoms with Gasteiger partial charge >= 0.3 is 0 Å². The Bertz CT molecular complexity index is 335. The Morgan fingerprint density at radius 2 is 1.83 bits per heavy atom. The van der Waals surface area contributed by atoms with E-state index in [0.717, 1.165) is 19.3 Å². The summed E-state index contributed by atoms with van der Waals surface area (Å²) in [6, 6.07) is 0.623. The second-order valence-corrected chi connectivity index (χ2v) is 7.99. The van der Waals surface area contributed by atoms with Crippen molar-refractivity contribution in [2.45, 2.75) is 59.0 Å². The molecule has 5 heteroatoms. The molecule has 1 saturated carbocycles. The molecule has 0 aromatic heterocycles. The first-order chi connectivity index (χ1) is 8.33. The van der Waals surface area contributed by atoms with Gasteiger partial charge < -0.3 is 5.32 Å². The second-order valence-electron chi connectivity index (χ2n) is 5.95. The molecule has 0 heterocycles. The Morgan fingerprint density at radius 3 is 2.28 bits per heavy atom. The standard InChI is InChI=1S/C13H28N2O2S/c1-11(2)7-9-15(13-5-6-13)18(16,17)10-8-14-12(3)4/h11-14H,5-10H2,1-4H3. The molecule has 0 bridgehead atoms. The quantitative estimate of drug-likeness (QED) is 0.699. The first-order valence-electron chi connectivity index (χ1n) is 7.06. The van der Waals surface area contributed by atoms with Gasteiger partial charge in [-0.15, -0.1) is 0 Å². The van der Waals surface area contributed by atoms with E-state index in [9.17, 15) is 8.42 Å². The van der Waals surface area contributed by atoms with Crippen molar-refractivity contribution in [3.05, 3.63) is 0 Å². The highest BCUT2D eigenvalue weighted by Crippen LogP contribution is 2.30. The number of hydrogen-bond donors (Lipinski definition) is 1. The minimum atomic E-state index is -3.08. The van der Waals surface area contributed by atoms with Crippen LogP contribution in [0, 0.1) is 5.92 Å². The Balaban J connectivity index is 2.49. The fourth-order valence-corrected chi connectivity index (χ4v) is 3.55. The van der Waals surface area contributed by atoms with Crippen molar-refractivity contribution in [1.29, 1.82) is 0 Å².